The Labute approximate surface area is 213 Å². The van der Waals surface area contributed by atoms with Crippen LogP contribution in [0.15, 0.2) is 83.8 Å². The molecule has 3 rings (SSSR count). The topological polar surface area (TPSA) is 83.9 Å². The SMILES string of the molecule is CC(C)CN(c1ccc(C(F)(F)F)cc1OCc1ccc(/C=C/C(=O)O)cc1)S(=O)(=O)c1ccccc1. The maximum atomic E-state index is 13.5. The minimum Gasteiger partial charge on any atom is -0.487 e. The number of halogens is 3. The number of carboxylic acids is 1. The van der Waals surface area contributed by atoms with E-state index < -0.39 is 27.7 Å². The summed E-state index contributed by atoms with van der Waals surface area (Å²) in [6.45, 7) is 3.48. The summed E-state index contributed by atoms with van der Waals surface area (Å²) in [5, 5.41) is 8.74. The minimum atomic E-state index is -4.66. The quantitative estimate of drug-likeness (QED) is 0.312. The van der Waals surface area contributed by atoms with Gasteiger partial charge in [0.2, 0.25) is 0 Å². The molecule has 3 aromatic rings. The van der Waals surface area contributed by atoms with Crippen molar-refractivity contribution >= 4 is 27.8 Å². The zero-order valence-corrected chi connectivity index (χ0v) is 21.0. The molecule has 10 heteroatoms. The molecular formula is C27H26F3NO5S. The standard InChI is InChI=1S/C27H26F3NO5S/c1-19(2)17-31(37(34,35)23-6-4-3-5-7-23)24-14-13-22(27(28,29)30)16-25(24)36-18-21-10-8-20(9-11-21)12-15-26(32)33/h3-16,19H,17-18H2,1-2H3,(H,32,33)/b15-12+. The van der Waals surface area contributed by atoms with E-state index in [2.05, 4.69) is 0 Å². The maximum absolute atomic E-state index is 13.5. The molecule has 0 aliphatic rings. The molecule has 0 unspecified atom stereocenters. The van der Waals surface area contributed by atoms with E-state index in [4.69, 9.17) is 9.84 Å². The van der Waals surface area contributed by atoms with Gasteiger partial charge >= 0.3 is 12.1 Å². The number of rotatable bonds is 10. The molecule has 0 aliphatic heterocycles. The summed E-state index contributed by atoms with van der Waals surface area (Å²) >= 11 is 0. The predicted molar refractivity (Wildman–Crippen MR) is 135 cm³/mol. The zero-order valence-electron chi connectivity index (χ0n) is 20.1. The van der Waals surface area contributed by atoms with Crippen LogP contribution in [0.2, 0.25) is 0 Å². The zero-order chi connectivity index (χ0) is 27.2. The van der Waals surface area contributed by atoms with Crippen LogP contribution in [0.5, 0.6) is 5.75 Å². The molecule has 0 spiro atoms. The molecule has 0 radical (unpaired) electrons. The lowest BCUT2D eigenvalue weighted by atomic mass is 10.1. The van der Waals surface area contributed by atoms with Crippen molar-refractivity contribution < 1.29 is 36.2 Å². The number of benzene rings is 3. The Morgan fingerprint density at radius 3 is 2.24 bits per heavy atom. The summed E-state index contributed by atoms with van der Waals surface area (Å²) in [6.07, 6.45) is -2.27. The van der Waals surface area contributed by atoms with Crippen LogP contribution in [0.1, 0.15) is 30.5 Å². The Balaban J connectivity index is 2.01. The van der Waals surface area contributed by atoms with Crippen molar-refractivity contribution in [1.82, 2.24) is 0 Å². The molecule has 0 aliphatic carbocycles. The molecule has 6 nitrogen and oxygen atoms in total. The molecule has 0 heterocycles. The van der Waals surface area contributed by atoms with Crippen LogP contribution in [-0.4, -0.2) is 26.0 Å². The fourth-order valence-corrected chi connectivity index (χ4v) is 5.10. The summed E-state index contributed by atoms with van der Waals surface area (Å²) in [5.41, 5.74) is 0.230. The molecular weight excluding hydrogens is 507 g/mol. The first kappa shape index (κ1) is 27.8. The van der Waals surface area contributed by atoms with Gasteiger partial charge in [-0.15, -0.1) is 0 Å². The number of hydrogen-bond donors (Lipinski definition) is 1. The van der Waals surface area contributed by atoms with E-state index in [1.165, 1.54) is 18.2 Å². The highest BCUT2D eigenvalue weighted by molar-refractivity contribution is 7.92. The molecule has 1 N–H and O–H groups in total. The number of ether oxygens (including phenoxy) is 1. The third kappa shape index (κ3) is 7.36. The number of sulfonamides is 1. The number of carbonyl (C=O) groups is 1. The van der Waals surface area contributed by atoms with Crippen molar-refractivity contribution in [3.8, 4) is 5.75 Å². The molecule has 3 aromatic carbocycles. The van der Waals surface area contributed by atoms with Crippen LogP contribution in [-0.2, 0) is 27.6 Å². The summed E-state index contributed by atoms with van der Waals surface area (Å²) in [4.78, 5) is 10.7. The van der Waals surface area contributed by atoms with Crippen molar-refractivity contribution in [1.29, 1.82) is 0 Å². The third-order valence-corrected chi connectivity index (χ3v) is 7.00. The smallest absolute Gasteiger partial charge is 0.416 e. The average molecular weight is 534 g/mol. The van der Waals surface area contributed by atoms with E-state index >= 15 is 0 Å². The monoisotopic (exact) mass is 533 g/mol. The van der Waals surface area contributed by atoms with Gasteiger partial charge in [0, 0.05) is 12.6 Å². The Morgan fingerprint density at radius 2 is 1.68 bits per heavy atom. The van der Waals surface area contributed by atoms with Gasteiger partial charge in [-0.05, 0) is 53.5 Å². The Hall–Kier alpha value is -3.79. The summed E-state index contributed by atoms with van der Waals surface area (Å²) in [6, 6.07) is 16.9. The number of alkyl halides is 3. The highest BCUT2D eigenvalue weighted by atomic mass is 32.2. The molecule has 37 heavy (non-hydrogen) atoms. The first-order chi connectivity index (χ1) is 17.4. The van der Waals surface area contributed by atoms with E-state index in [0.29, 0.717) is 11.1 Å². The first-order valence-electron chi connectivity index (χ1n) is 11.3. The second kappa shape index (κ2) is 11.5. The van der Waals surface area contributed by atoms with Gasteiger partial charge in [0.15, 0.2) is 0 Å². The van der Waals surface area contributed by atoms with Crippen LogP contribution in [0, 0.1) is 5.92 Å². The van der Waals surface area contributed by atoms with E-state index in [1.54, 1.807) is 56.3 Å². The number of aliphatic carboxylic acids is 1. The van der Waals surface area contributed by atoms with Gasteiger partial charge < -0.3 is 9.84 Å². The number of hydrogen-bond acceptors (Lipinski definition) is 4. The van der Waals surface area contributed by atoms with Gasteiger partial charge in [-0.25, -0.2) is 13.2 Å². The second-order valence-corrected chi connectivity index (χ2v) is 10.5. The van der Waals surface area contributed by atoms with Crippen molar-refractivity contribution in [2.24, 2.45) is 5.92 Å². The van der Waals surface area contributed by atoms with E-state index in [9.17, 15) is 26.4 Å². The average Bonchev–Trinajstić information content (AvgIpc) is 2.85. The largest absolute Gasteiger partial charge is 0.487 e. The van der Waals surface area contributed by atoms with Gasteiger partial charge in [-0.3, -0.25) is 4.31 Å². The summed E-state index contributed by atoms with van der Waals surface area (Å²) in [7, 11) is -4.11. The van der Waals surface area contributed by atoms with E-state index in [-0.39, 0.29) is 35.4 Å². The molecule has 0 aromatic heterocycles. The van der Waals surface area contributed by atoms with Crippen molar-refractivity contribution in [3.63, 3.8) is 0 Å². The van der Waals surface area contributed by atoms with Crippen molar-refractivity contribution in [2.75, 3.05) is 10.8 Å². The first-order valence-corrected chi connectivity index (χ1v) is 12.7. The highest BCUT2D eigenvalue weighted by Crippen LogP contribution is 2.39. The molecule has 0 atom stereocenters. The van der Waals surface area contributed by atoms with Gasteiger partial charge in [0.05, 0.1) is 16.1 Å². The van der Waals surface area contributed by atoms with Crippen LogP contribution in [0.3, 0.4) is 0 Å². The normalized spacial score (nSPS) is 12.2. The number of anilines is 1. The van der Waals surface area contributed by atoms with Crippen molar-refractivity contribution in [2.45, 2.75) is 31.5 Å². The van der Waals surface area contributed by atoms with E-state index in [0.717, 1.165) is 28.6 Å². The lowest BCUT2D eigenvalue weighted by Crippen LogP contribution is -2.34. The van der Waals surface area contributed by atoms with Crippen LogP contribution in [0.4, 0.5) is 18.9 Å². The number of carboxylic acid groups (broad SMARTS) is 1. The Kier molecular flexibility index (Phi) is 8.65. The van der Waals surface area contributed by atoms with Gasteiger partial charge in [0.1, 0.15) is 12.4 Å². The van der Waals surface area contributed by atoms with Crippen LogP contribution < -0.4 is 9.04 Å². The third-order valence-electron chi connectivity index (χ3n) is 5.21. The van der Waals surface area contributed by atoms with Gasteiger partial charge in [-0.1, -0.05) is 56.3 Å². The second-order valence-electron chi connectivity index (χ2n) is 8.63. The van der Waals surface area contributed by atoms with Gasteiger partial charge in [0.25, 0.3) is 10.0 Å². The summed E-state index contributed by atoms with van der Waals surface area (Å²) in [5.74, 6) is -1.47. The fraction of sp³-hybridized carbons (Fsp3) is 0.222. The van der Waals surface area contributed by atoms with Gasteiger partial charge in [-0.2, -0.15) is 13.2 Å². The maximum Gasteiger partial charge on any atom is 0.416 e. The minimum absolute atomic E-state index is 0.00602. The fourth-order valence-electron chi connectivity index (χ4n) is 3.44. The molecule has 0 saturated carbocycles. The molecule has 196 valence electrons. The molecule has 0 saturated heterocycles. The summed E-state index contributed by atoms with van der Waals surface area (Å²) < 4.78 is 74.4. The Bertz CT molecular complexity index is 1350. The lowest BCUT2D eigenvalue weighted by Gasteiger charge is -2.28. The van der Waals surface area contributed by atoms with Crippen LogP contribution >= 0.6 is 0 Å². The van der Waals surface area contributed by atoms with Crippen LogP contribution in [0.25, 0.3) is 6.08 Å². The van der Waals surface area contributed by atoms with E-state index in [1.807, 2.05) is 0 Å². The molecule has 0 amide bonds. The molecule has 0 fully saturated rings. The predicted octanol–water partition coefficient (Wildman–Crippen LogP) is 6.23. The van der Waals surface area contributed by atoms with Crippen molar-refractivity contribution in [3.05, 3.63) is 95.6 Å². The highest BCUT2D eigenvalue weighted by Gasteiger charge is 2.34. The lowest BCUT2D eigenvalue weighted by molar-refractivity contribution is -0.137. The number of nitrogens with zero attached hydrogens (tertiary/aromatic N) is 1. The Morgan fingerprint density at radius 1 is 1.03 bits per heavy atom. The molecule has 0 bridgehead atoms.